The zero-order valence-corrected chi connectivity index (χ0v) is 12.0. The lowest BCUT2D eigenvalue weighted by Crippen LogP contribution is -2.44. The van der Waals surface area contributed by atoms with Gasteiger partial charge < -0.3 is 15.2 Å². The number of rotatable bonds is 6. The minimum absolute atomic E-state index is 0.00279. The van der Waals surface area contributed by atoms with Crippen molar-refractivity contribution < 1.29 is 37.4 Å². The van der Waals surface area contributed by atoms with Gasteiger partial charge in [0.15, 0.2) is 6.04 Å². The summed E-state index contributed by atoms with van der Waals surface area (Å²) >= 11 is 0. The number of hydrogen-bond acceptors (Lipinski definition) is 4. The molecule has 0 spiro atoms. The molecule has 0 saturated heterocycles. The molecule has 1 atom stereocenters. The van der Waals surface area contributed by atoms with Crippen LogP contribution in [0.1, 0.15) is 29.3 Å². The zero-order valence-electron chi connectivity index (χ0n) is 12.0. The summed E-state index contributed by atoms with van der Waals surface area (Å²) in [6, 6.07) is 2.31. The number of carboxylic acids is 1. The average molecular weight is 333 g/mol. The third-order valence-corrected chi connectivity index (χ3v) is 2.78. The zero-order chi connectivity index (χ0) is 17.6. The van der Waals surface area contributed by atoms with Gasteiger partial charge in [-0.2, -0.15) is 13.2 Å². The number of hydrogen-bond donors (Lipinski definition) is 2. The summed E-state index contributed by atoms with van der Waals surface area (Å²) in [5.74, 6) is -3.45. The Morgan fingerprint density at radius 2 is 1.87 bits per heavy atom. The molecule has 126 valence electrons. The lowest BCUT2D eigenvalue weighted by Gasteiger charge is -2.17. The number of esters is 1. The number of carbonyl (C=O) groups is 3. The highest BCUT2D eigenvalue weighted by molar-refractivity contribution is 5.98. The summed E-state index contributed by atoms with van der Waals surface area (Å²) in [5.41, 5.74) is -1.90. The SMILES string of the molecule is CCC(=O)OC[C@H](NC(=O)c1ccccc1C(F)(F)F)C(=O)O. The van der Waals surface area contributed by atoms with Crippen LogP contribution in [0, 0.1) is 0 Å². The first-order chi connectivity index (χ1) is 10.7. The molecule has 0 aliphatic rings. The first-order valence-electron chi connectivity index (χ1n) is 6.52. The molecule has 0 aliphatic carbocycles. The lowest BCUT2D eigenvalue weighted by molar-refractivity contribution is -0.148. The number of halogens is 3. The molecule has 6 nitrogen and oxygen atoms in total. The topological polar surface area (TPSA) is 92.7 Å². The Morgan fingerprint density at radius 1 is 1.26 bits per heavy atom. The number of amides is 1. The largest absolute Gasteiger partial charge is 0.480 e. The Morgan fingerprint density at radius 3 is 2.39 bits per heavy atom. The number of alkyl halides is 3. The molecule has 0 radical (unpaired) electrons. The van der Waals surface area contributed by atoms with Crippen molar-refractivity contribution in [3.8, 4) is 0 Å². The van der Waals surface area contributed by atoms with Gasteiger partial charge in [-0.25, -0.2) is 4.79 Å². The van der Waals surface area contributed by atoms with Crippen molar-refractivity contribution in [2.24, 2.45) is 0 Å². The van der Waals surface area contributed by atoms with E-state index in [0.717, 1.165) is 12.1 Å². The van der Waals surface area contributed by atoms with Crippen LogP contribution in [-0.4, -0.2) is 35.6 Å². The van der Waals surface area contributed by atoms with Crippen LogP contribution in [0.5, 0.6) is 0 Å². The lowest BCUT2D eigenvalue weighted by atomic mass is 10.1. The molecule has 1 rings (SSSR count). The molecular weight excluding hydrogens is 319 g/mol. The van der Waals surface area contributed by atoms with Crippen molar-refractivity contribution in [3.05, 3.63) is 35.4 Å². The number of carbonyl (C=O) groups excluding carboxylic acids is 2. The number of carboxylic acid groups (broad SMARTS) is 1. The van der Waals surface area contributed by atoms with Gasteiger partial charge in [0.25, 0.3) is 5.91 Å². The Balaban J connectivity index is 2.92. The molecule has 1 aromatic rings. The van der Waals surface area contributed by atoms with E-state index in [2.05, 4.69) is 4.74 Å². The third kappa shape index (κ3) is 5.28. The molecule has 1 aromatic carbocycles. The quantitative estimate of drug-likeness (QED) is 0.775. The standard InChI is InChI=1S/C14H14F3NO5/c1-2-11(19)23-7-10(13(21)22)18-12(20)8-5-3-4-6-9(8)14(15,16)17/h3-6,10H,2,7H2,1H3,(H,18,20)(H,21,22)/t10-/m0/s1. The second-order valence-electron chi connectivity index (χ2n) is 4.44. The maximum atomic E-state index is 12.8. The molecule has 0 fully saturated rings. The predicted octanol–water partition coefficient (Wildman–Crippen LogP) is 1.84. The molecular formula is C14H14F3NO5. The van der Waals surface area contributed by atoms with Crippen LogP contribution >= 0.6 is 0 Å². The van der Waals surface area contributed by atoms with Gasteiger partial charge in [-0.1, -0.05) is 19.1 Å². The van der Waals surface area contributed by atoms with E-state index in [1.807, 2.05) is 5.32 Å². The Kier molecular flexibility index (Phi) is 6.11. The van der Waals surface area contributed by atoms with Crippen LogP contribution in [0.3, 0.4) is 0 Å². The molecule has 0 bridgehead atoms. The van der Waals surface area contributed by atoms with Crippen LogP contribution in [0.15, 0.2) is 24.3 Å². The van der Waals surface area contributed by atoms with Gasteiger partial charge in [0, 0.05) is 6.42 Å². The van der Waals surface area contributed by atoms with Crippen molar-refractivity contribution in [2.75, 3.05) is 6.61 Å². The normalized spacial score (nSPS) is 12.3. The summed E-state index contributed by atoms with van der Waals surface area (Å²) in [4.78, 5) is 34.0. The summed E-state index contributed by atoms with van der Waals surface area (Å²) in [6.45, 7) is 0.804. The van der Waals surface area contributed by atoms with Crippen molar-refractivity contribution in [3.63, 3.8) is 0 Å². The van der Waals surface area contributed by atoms with E-state index in [-0.39, 0.29) is 6.42 Å². The summed E-state index contributed by atoms with van der Waals surface area (Å²) in [7, 11) is 0. The second-order valence-corrected chi connectivity index (χ2v) is 4.44. The Bertz CT molecular complexity index is 600. The number of aliphatic carboxylic acids is 1. The van der Waals surface area contributed by atoms with Gasteiger partial charge in [0.1, 0.15) is 6.61 Å². The fourth-order valence-electron chi connectivity index (χ4n) is 1.62. The minimum Gasteiger partial charge on any atom is -0.480 e. The van der Waals surface area contributed by atoms with E-state index >= 15 is 0 Å². The highest BCUT2D eigenvalue weighted by atomic mass is 19.4. The maximum absolute atomic E-state index is 12.8. The van der Waals surface area contributed by atoms with Crippen molar-refractivity contribution in [2.45, 2.75) is 25.6 Å². The molecule has 0 saturated carbocycles. The molecule has 23 heavy (non-hydrogen) atoms. The molecule has 2 N–H and O–H groups in total. The van der Waals surface area contributed by atoms with Crippen molar-refractivity contribution in [1.82, 2.24) is 5.32 Å². The molecule has 0 aliphatic heterocycles. The van der Waals surface area contributed by atoms with Gasteiger partial charge in [-0.3, -0.25) is 9.59 Å². The smallest absolute Gasteiger partial charge is 0.417 e. The number of nitrogens with one attached hydrogen (secondary N) is 1. The van der Waals surface area contributed by atoms with E-state index in [0.29, 0.717) is 6.07 Å². The van der Waals surface area contributed by atoms with Crippen LogP contribution < -0.4 is 5.32 Å². The average Bonchev–Trinajstić information content (AvgIpc) is 2.49. The summed E-state index contributed by atoms with van der Waals surface area (Å²) in [6.07, 6.45) is -4.77. The first-order valence-corrected chi connectivity index (χ1v) is 6.52. The van der Waals surface area contributed by atoms with E-state index in [9.17, 15) is 27.6 Å². The van der Waals surface area contributed by atoms with E-state index < -0.39 is 47.8 Å². The fraction of sp³-hybridized carbons (Fsp3) is 0.357. The molecule has 1 amide bonds. The highest BCUT2D eigenvalue weighted by Gasteiger charge is 2.35. The maximum Gasteiger partial charge on any atom is 0.417 e. The van der Waals surface area contributed by atoms with Gasteiger partial charge in [-0.05, 0) is 12.1 Å². The van der Waals surface area contributed by atoms with Crippen LogP contribution in [0.4, 0.5) is 13.2 Å². The van der Waals surface area contributed by atoms with Gasteiger partial charge in [0.05, 0.1) is 11.1 Å². The highest BCUT2D eigenvalue weighted by Crippen LogP contribution is 2.31. The third-order valence-electron chi connectivity index (χ3n) is 2.78. The van der Waals surface area contributed by atoms with E-state index in [4.69, 9.17) is 5.11 Å². The van der Waals surface area contributed by atoms with Crippen LogP contribution in [0.25, 0.3) is 0 Å². The fourth-order valence-corrected chi connectivity index (χ4v) is 1.62. The monoisotopic (exact) mass is 333 g/mol. The van der Waals surface area contributed by atoms with Crippen LogP contribution in [-0.2, 0) is 20.5 Å². The van der Waals surface area contributed by atoms with Crippen molar-refractivity contribution >= 4 is 17.8 Å². The van der Waals surface area contributed by atoms with E-state index in [1.165, 1.54) is 13.0 Å². The minimum atomic E-state index is -4.76. The molecule has 0 aromatic heterocycles. The molecule has 0 heterocycles. The van der Waals surface area contributed by atoms with Gasteiger partial charge >= 0.3 is 18.1 Å². The second kappa shape index (κ2) is 7.61. The van der Waals surface area contributed by atoms with Gasteiger partial charge in [0.2, 0.25) is 0 Å². The number of benzene rings is 1. The summed E-state index contributed by atoms with van der Waals surface area (Å²) < 4.78 is 43.1. The molecule has 0 unspecified atom stereocenters. The Labute approximate surface area is 129 Å². The van der Waals surface area contributed by atoms with Crippen LogP contribution in [0.2, 0.25) is 0 Å². The van der Waals surface area contributed by atoms with Gasteiger partial charge in [-0.15, -0.1) is 0 Å². The van der Waals surface area contributed by atoms with E-state index in [1.54, 1.807) is 0 Å². The summed E-state index contributed by atoms with van der Waals surface area (Å²) in [5, 5.41) is 10.9. The predicted molar refractivity (Wildman–Crippen MR) is 71.6 cm³/mol. The number of ether oxygens (including phenoxy) is 1. The Hall–Kier alpha value is -2.58. The first kappa shape index (κ1) is 18.5. The van der Waals surface area contributed by atoms with Crippen molar-refractivity contribution in [1.29, 1.82) is 0 Å². The molecule has 9 heteroatoms.